The van der Waals surface area contributed by atoms with Crippen molar-refractivity contribution in [1.82, 2.24) is 15.0 Å². The Kier molecular flexibility index (Phi) is 4.38. The molecule has 0 bridgehead atoms. The number of hydrogen-bond acceptors (Lipinski definition) is 7. The third-order valence-corrected chi connectivity index (χ3v) is 3.92. The second kappa shape index (κ2) is 6.43. The lowest BCUT2D eigenvalue weighted by Gasteiger charge is -2.28. The van der Waals surface area contributed by atoms with Crippen LogP contribution in [0.2, 0.25) is 0 Å². The minimum atomic E-state index is 0.309. The van der Waals surface area contributed by atoms with Crippen LogP contribution in [0.15, 0.2) is 0 Å². The second-order valence-corrected chi connectivity index (χ2v) is 5.67. The maximum absolute atomic E-state index is 5.91. The number of aromatic nitrogens is 3. The van der Waals surface area contributed by atoms with E-state index in [1.165, 1.54) is 19.3 Å². The maximum Gasteiger partial charge on any atom is 0.232 e. The first-order chi connectivity index (χ1) is 10.3. The molecule has 0 amide bonds. The number of nitrogens with zero attached hydrogens (tertiary/aromatic N) is 5. The van der Waals surface area contributed by atoms with Gasteiger partial charge in [-0.1, -0.05) is 13.3 Å². The molecule has 1 aromatic rings. The number of nitrogens with two attached hydrogens (primary N) is 1. The van der Waals surface area contributed by atoms with E-state index < -0.39 is 0 Å². The molecule has 116 valence electrons. The van der Waals surface area contributed by atoms with Crippen molar-refractivity contribution >= 4 is 17.8 Å². The van der Waals surface area contributed by atoms with Gasteiger partial charge in [-0.3, -0.25) is 0 Å². The molecule has 0 unspecified atom stereocenters. The van der Waals surface area contributed by atoms with Crippen LogP contribution in [0.1, 0.15) is 32.6 Å². The average Bonchev–Trinajstić information content (AvgIpc) is 3.33. The smallest absolute Gasteiger partial charge is 0.232 e. The van der Waals surface area contributed by atoms with Crippen LogP contribution in [0.3, 0.4) is 0 Å². The van der Waals surface area contributed by atoms with Gasteiger partial charge in [0.05, 0.1) is 13.2 Å². The molecule has 2 fully saturated rings. The number of rotatable bonds is 6. The quantitative estimate of drug-likeness (QED) is 0.839. The van der Waals surface area contributed by atoms with Crippen LogP contribution in [0, 0.1) is 0 Å². The largest absolute Gasteiger partial charge is 0.378 e. The summed E-state index contributed by atoms with van der Waals surface area (Å²) in [5.41, 5.74) is 5.91. The first-order valence-electron chi connectivity index (χ1n) is 7.89. The van der Waals surface area contributed by atoms with Crippen LogP contribution < -0.4 is 15.5 Å². The van der Waals surface area contributed by atoms with Gasteiger partial charge in [0.25, 0.3) is 0 Å². The highest BCUT2D eigenvalue weighted by Crippen LogP contribution is 2.31. The SMILES string of the molecule is CCCCN(c1nc(N)nc(N2CCOCC2)n1)C1CC1. The summed E-state index contributed by atoms with van der Waals surface area (Å²) in [5.74, 6) is 1.73. The Hall–Kier alpha value is -1.63. The zero-order valence-corrected chi connectivity index (χ0v) is 12.7. The summed E-state index contributed by atoms with van der Waals surface area (Å²) >= 11 is 0. The minimum Gasteiger partial charge on any atom is -0.378 e. The van der Waals surface area contributed by atoms with Crippen LogP contribution in [-0.4, -0.2) is 53.8 Å². The molecule has 3 rings (SSSR count). The van der Waals surface area contributed by atoms with E-state index in [0.29, 0.717) is 31.2 Å². The molecule has 2 heterocycles. The van der Waals surface area contributed by atoms with Crippen molar-refractivity contribution in [3.8, 4) is 0 Å². The van der Waals surface area contributed by atoms with Gasteiger partial charge in [0, 0.05) is 25.7 Å². The number of anilines is 3. The molecule has 1 saturated heterocycles. The van der Waals surface area contributed by atoms with Crippen molar-refractivity contribution in [2.45, 2.75) is 38.6 Å². The van der Waals surface area contributed by atoms with Crippen molar-refractivity contribution < 1.29 is 4.74 Å². The lowest BCUT2D eigenvalue weighted by Crippen LogP contribution is -2.38. The fourth-order valence-electron chi connectivity index (χ4n) is 2.56. The van der Waals surface area contributed by atoms with E-state index in [9.17, 15) is 0 Å². The molecule has 1 saturated carbocycles. The fourth-order valence-corrected chi connectivity index (χ4v) is 2.56. The van der Waals surface area contributed by atoms with Gasteiger partial charge in [-0.2, -0.15) is 15.0 Å². The van der Waals surface area contributed by atoms with Gasteiger partial charge in [-0.15, -0.1) is 0 Å². The van der Waals surface area contributed by atoms with Gasteiger partial charge in [0.1, 0.15) is 0 Å². The molecule has 0 aromatic carbocycles. The van der Waals surface area contributed by atoms with Gasteiger partial charge in [0.2, 0.25) is 17.8 Å². The normalized spacial score (nSPS) is 18.8. The summed E-state index contributed by atoms with van der Waals surface area (Å²) in [6, 6.07) is 0.580. The van der Waals surface area contributed by atoms with Crippen molar-refractivity contribution in [3.05, 3.63) is 0 Å². The molecule has 21 heavy (non-hydrogen) atoms. The Morgan fingerprint density at radius 1 is 1.24 bits per heavy atom. The van der Waals surface area contributed by atoms with E-state index in [2.05, 4.69) is 31.7 Å². The summed E-state index contributed by atoms with van der Waals surface area (Å²) in [6.45, 7) is 6.23. The van der Waals surface area contributed by atoms with E-state index in [1.807, 2.05) is 0 Å². The third-order valence-electron chi connectivity index (χ3n) is 3.92. The zero-order chi connectivity index (χ0) is 14.7. The average molecular weight is 292 g/mol. The first-order valence-corrected chi connectivity index (χ1v) is 7.89. The summed E-state index contributed by atoms with van der Waals surface area (Å²) in [6.07, 6.45) is 4.76. The molecule has 1 aliphatic heterocycles. The molecule has 1 aliphatic carbocycles. The Bertz CT molecular complexity index is 473. The Balaban J connectivity index is 1.81. The summed E-state index contributed by atoms with van der Waals surface area (Å²) in [5, 5.41) is 0. The third kappa shape index (κ3) is 3.53. The topological polar surface area (TPSA) is 80.4 Å². The lowest BCUT2D eigenvalue weighted by molar-refractivity contribution is 0.122. The highest BCUT2D eigenvalue weighted by molar-refractivity contribution is 5.45. The monoisotopic (exact) mass is 292 g/mol. The van der Waals surface area contributed by atoms with E-state index in [0.717, 1.165) is 32.0 Å². The summed E-state index contributed by atoms with van der Waals surface area (Å²) in [7, 11) is 0. The van der Waals surface area contributed by atoms with E-state index in [4.69, 9.17) is 10.5 Å². The van der Waals surface area contributed by atoms with E-state index >= 15 is 0 Å². The Morgan fingerprint density at radius 3 is 2.67 bits per heavy atom. The van der Waals surface area contributed by atoms with Crippen LogP contribution in [0.5, 0.6) is 0 Å². The molecule has 2 aliphatic rings. The summed E-state index contributed by atoms with van der Waals surface area (Å²) in [4.78, 5) is 17.7. The predicted molar refractivity (Wildman–Crippen MR) is 82.5 cm³/mol. The van der Waals surface area contributed by atoms with Gasteiger partial charge < -0.3 is 20.3 Å². The van der Waals surface area contributed by atoms with Crippen LogP contribution in [0.4, 0.5) is 17.8 Å². The molecule has 7 heteroatoms. The van der Waals surface area contributed by atoms with Crippen molar-refractivity contribution in [1.29, 1.82) is 0 Å². The number of morpholine rings is 1. The summed E-state index contributed by atoms with van der Waals surface area (Å²) < 4.78 is 5.38. The van der Waals surface area contributed by atoms with E-state index in [-0.39, 0.29) is 0 Å². The van der Waals surface area contributed by atoms with Gasteiger partial charge in [-0.25, -0.2) is 0 Å². The molecule has 0 spiro atoms. The zero-order valence-electron chi connectivity index (χ0n) is 12.7. The number of ether oxygens (including phenoxy) is 1. The molecule has 0 radical (unpaired) electrons. The van der Waals surface area contributed by atoms with Crippen molar-refractivity contribution in [2.24, 2.45) is 0 Å². The van der Waals surface area contributed by atoms with Gasteiger partial charge >= 0.3 is 0 Å². The van der Waals surface area contributed by atoms with Gasteiger partial charge in [0.15, 0.2) is 0 Å². The predicted octanol–water partition coefficient (Wildman–Crippen LogP) is 1.06. The van der Waals surface area contributed by atoms with Crippen LogP contribution >= 0.6 is 0 Å². The second-order valence-electron chi connectivity index (χ2n) is 5.67. The highest BCUT2D eigenvalue weighted by Gasteiger charge is 2.31. The standard InChI is InChI=1S/C14H24N6O/c1-2-3-6-20(11-4-5-11)14-17-12(15)16-13(18-14)19-7-9-21-10-8-19/h11H,2-10H2,1H3,(H2,15,16,17,18). The van der Waals surface area contributed by atoms with Crippen LogP contribution in [0.25, 0.3) is 0 Å². The molecular formula is C14H24N6O. The molecule has 0 atom stereocenters. The van der Waals surface area contributed by atoms with Crippen molar-refractivity contribution in [3.63, 3.8) is 0 Å². The maximum atomic E-state index is 5.91. The number of unbranched alkanes of at least 4 members (excludes halogenated alkanes) is 1. The lowest BCUT2D eigenvalue weighted by atomic mass is 10.3. The first kappa shape index (κ1) is 14.3. The fraction of sp³-hybridized carbons (Fsp3) is 0.786. The number of hydrogen-bond donors (Lipinski definition) is 1. The van der Waals surface area contributed by atoms with Crippen molar-refractivity contribution in [2.75, 3.05) is 48.4 Å². The van der Waals surface area contributed by atoms with Gasteiger partial charge in [-0.05, 0) is 19.3 Å². The van der Waals surface area contributed by atoms with Crippen LogP contribution in [-0.2, 0) is 4.74 Å². The number of nitrogen functional groups attached to an aromatic ring is 1. The molecule has 2 N–H and O–H groups in total. The minimum absolute atomic E-state index is 0.309. The highest BCUT2D eigenvalue weighted by atomic mass is 16.5. The molecule has 1 aromatic heterocycles. The molecular weight excluding hydrogens is 268 g/mol. The Labute approximate surface area is 125 Å². The molecule has 7 nitrogen and oxygen atoms in total. The van der Waals surface area contributed by atoms with E-state index in [1.54, 1.807) is 0 Å². The Morgan fingerprint density at radius 2 is 2.00 bits per heavy atom.